The van der Waals surface area contributed by atoms with Crippen LogP contribution in [0.5, 0.6) is 0 Å². The highest BCUT2D eigenvalue weighted by Crippen LogP contribution is 2.11. The summed E-state index contributed by atoms with van der Waals surface area (Å²) in [6, 6.07) is 10.9. The van der Waals surface area contributed by atoms with Gasteiger partial charge in [-0.3, -0.25) is 19.2 Å². The molecule has 0 radical (unpaired) electrons. The molecular weight excluding hydrogens is 556 g/mol. The number of aromatic amines is 1. The van der Waals surface area contributed by atoms with Gasteiger partial charge in [0, 0.05) is 31.3 Å². The van der Waals surface area contributed by atoms with Gasteiger partial charge in [-0.25, -0.2) is 4.98 Å². The molecule has 0 aliphatic heterocycles. The van der Waals surface area contributed by atoms with Crippen LogP contribution in [0.2, 0.25) is 0 Å². The standard InChI is InChI=1S/C34H52N6O4/c1-7-28(32(42)36-8-2)37-22-27(20-23(3)4)38-33(43)29(15-14-25-12-10-9-11-13-25)39-34(44)30(21-24(5)6)40-31(41)26-16-18-35-19-17-26/h9-13,16-19,23-24,27-30,37H,7-8,14-15,20-22H2,1-6H3,(H,36,42)(H,38,43)(H,39,44)(H,40,41)/p+1/t27?,28-,29-,30-/m0/s1. The van der Waals surface area contributed by atoms with E-state index in [1.54, 1.807) is 24.5 Å². The Hall–Kier alpha value is -3.79. The second kappa shape index (κ2) is 19.5. The van der Waals surface area contributed by atoms with Crippen LogP contribution in [0.1, 0.15) is 83.1 Å². The van der Waals surface area contributed by atoms with Crippen molar-refractivity contribution in [3.8, 4) is 0 Å². The summed E-state index contributed by atoms with van der Waals surface area (Å²) in [7, 11) is 0. The van der Waals surface area contributed by atoms with E-state index in [0.717, 1.165) is 5.56 Å². The highest BCUT2D eigenvalue weighted by atomic mass is 16.2. The van der Waals surface area contributed by atoms with Crippen molar-refractivity contribution in [2.75, 3.05) is 13.1 Å². The molecule has 1 unspecified atom stereocenters. The zero-order valence-electron chi connectivity index (χ0n) is 27.2. The Balaban J connectivity index is 2.23. The van der Waals surface area contributed by atoms with Gasteiger partial charge in [-0.05, 0) is 56.4 Å². The van der Waals surface area contributed by atoms with E-state index < -0.39 is 18.0 Å². The second-order valence-electron chi connectivity index (χ2n) is 12.1. The SMILES string of the molecule is CCNC(=O)[C@H](CC)NCC(CC(C)C)NC(=O)[C@H](CCc1ccccc1)NC(=O)[C@H](CC(C)C)NC(=O)c1cc[nH+]cc1. The topological polar surface area (TPSA) is 143 Å². The monoisotopic (exact) mass is 609 g/mol. The third-order valence-electron chi connectivity index (χ3n) is 7.30. The van der Waals surface area contributed by atoms with Gasteiger partial charge in [-0.1, -0.05) is 65.0 Å². The Kier molecular flexibility index (Phi) is 16.1. The van der Waals surface area contributed by atoms with E-state index in [9.17, 15) is 19.2 Å². The molecule has 4 amide bonds. The Morgan fingerprint density at radius 1 is 0.727 bits per heavy atom. The van der Waals surface area contributed by atoms with Gasteiger partial charge in [-0.2, -0.15) is 0 Å². The van der Waals surface area contributed by atoms with Crippen molar-refractivity contribution in [2.24, 2.45) is 11.8 Å². The van der Waals surface area contributed by atoms with Crippen LogP contribution < -0.4 is 31.6 Å². The number of rotatable bonds is 19. The number of carbonyl (C=O) groups excluding carboxylic acids is 4. The lowest BCUT2D eigenvalue weighted by Crippen LogP contribution is -2.57. The minimum Gasteiger partial charge on any atom is -0.355 e. The summed E-state index contributed by atoms with van der Waals surface area (Å²) >= 11 is 0. The highest BCUT2D eigenvalue weighted by molar-refractivity contribution is 5.98. The second-order valence-corrected chi connectivity index (χ2v) is 12.1. The fourth-order valence-electron chi connectivity index (χ4n) is 5.05. The van der Waals surface area contributed by atoms with Crippen molar-refractivity contribution < 1.29 is 24.2 Å². The quantitative estimate of drug-likeness (QED) is 0.167. The average Bonchev–Trinajstić information content (AvgIpc) is 2.99. The third kappa shape index (κ3) is 13.2. The molecule has 1 aromatic heterocycles. The maximum atomic E-state index is 13.8. The third-order valence-corrected chi connectivity index (χ3v) is 7.30. The summed E-state index contributed by atoms with van der Waals surface area (Å²) in [5, 5.41) is 15.1. The van der Waals surface area contributed by atoms with E-state index in [-0.39, 0.29) is 35.7 Å². The molecule has 0 fully saturated rings. The van der Waals surface area contributed by atoms with E-state index in [1.807, 2.05) is 58.0 Å². The summed E-state index contributed by atoms with van der Waals surface area (Å²) < 4.78 is 0. The number of carbonyl (C=O) groups is 4. The highest BCUT2D eigenvalue weighted by Gasteiger charge is 2.29. The van der Waals surface area contributed by atoms with E-state index in [2.05, 4.69) is 45.4 Å². The molecule has 0 saturated heterocycles. The van der Waals surface area contributed by atoms with Gasteiger partial charge in [0.15, 0.2) is 12.4 Å². The zero-order chi connectivity index (χ0) is 32.5. The number of aromatic nitrogens is 1. The molecule has 0 aliphatic carbocycles. The lowest BCUT2D eigenvalue weighted by Gasteiger charge is -2.28. The maximum Gasteiger partial charge on any atom is 0.252 e. The molecule has 0 spiro atoms. The minimum absolute atomic E-state index is 0.0653. The van der Waals surface area contributed by atoms with Gasteiger partial charge in [0.1, 0.15) is 12.1 Å². The molecule has 6 N–H and O–H groups in total. The first-order valence-corrected chi connectivity index (χ1v) is 16.0. The average molecular weight is 610 g/mol. The number of nitrogens with one attached hydrogen (secondary N) is 6. The molecule has 0 bridgehead atoms. The number of likely N-dealkylation sites (N-methyl/N-ethyl adjacent to an activating group) is 1. The van der Waals surface area contributed by atoms with Crippen LogP contribution in [0, 0.1) is 11.8 Å². The molecular formula is C34H53N6O4+. The lowest BCUT2D eigenvalue weighted by molar-refractivity contribution is -0.378. The predicted molar refractivity (Wildman–Crippen MR) is 173 cm³/mol. The fourth-order valence-corrected chi connectivity index (χ4v) is 5.05. The van der Waals surface area contributed by atoms with E-state index in [4.69, 9.17) is 0 Å². The van der Waals surface area contributed by atoms with Gasteiger partial charge in [-0.15, -0.1) is 0 Å². The van der Waals surface area contributed by atoms with Gasteiger partial charge >= 0.3 is 0 Å². The molecule has 0 aliphatic rings. The van der Waals surface area contributed by atoms with Crippen molar-refractivity contribution in [3.63, 3.8) is 0 Å². The number of pyridine rings is 1. The van der Waals surface area contributed by atoms with E-state index in [1.165, 1.54) is 0 Å². The van der Waals surface area contributed by atoms with Gasteiger partial charge < -0.3 is 26.6 Å². The van der Waals surface area contributed by atoms with Crippen LogP contribution in [-0.4, -0.2) is 60.9 Å². The van der Waals surface area contributed by atoms with Crippen LogP contribution in [0.25, 0.3) is 0 Å². The van der Waals surface area contributed by atoms with Crippen molar-refractivity contribution in [1.82, 2.24) is 26.6 Å². The van der Waals surface area contributed by atoms with Crippen LogP contribution in [0.15, 0.2) is 54.9 Å². The Morgan fingerprint density at radius 2 is 1.36 bits per heavy atom. The number of hydrogen-bond donors (Lipinski definition) is 5. The molecule has 242 valence electrons. The van der Waals surface area contributed by atoms with Crippen molar-refractivity contribution >= 4 is 23.6 Å². The zero-order valence-corrected chi connectivity index (χ0v) is 27.2. The van der Waals surface area contributed by atoms with Crippen LogP contribution in [0.4, 0.5) is 0 Å². The number of aryl methyl sites for hydroxylation is 1. The summed E-state index contributed by atoms with van der Waals surface area (Å²) in [4.78, 5) is 55.7. The number of amides is 4. The first kappa shape index (κ1) is 36.4. The summed E-state index contributed by atoms with van der Waals surface area (Å²) in [6.45, 7) is 12.9. The van der Waals surface area contributed by atoms with Crippen LogP contribution in [-0.2, 0) is 20.8 Å². The van der Waals surface area contributed by atoms with Gasteiger partial charge in [0.25, 0.3) is 5.91 Å². The molecule has 10 heteroatoms. The Morgan fingerprint density at radius 3 is 1.95 bits per heavy atom. The first-order chi connectivity index (χ1) is 21.0. The number of H-pyrrole nitrogens is 1. The number of benzene rings is 1. The molecule has 4 atom stereocenters. The predicted octanol–water partition coefficient (Wildman–Crippen LogP) is 2.80. The minimum atomic E-state index is -0.819. The van der Waals surface area contributed by atoms with Crippen molar-refractivity contribution in [2.45, 2.75) is 97.8 Å². The maximum absolute atomic E-state index is 13.8. The van der Waals surface area contributed by atoms with Crippen LogP contribution in [0.3, 0.4) is 0 Å². The molecule has 0 saturated carbocycles. The van der Waals surface area contributed by atoms with Crippen LogP contribution >= 0.6 is 0 Å². The van der Waals surface area contributed by atoms with Crippen molar-refractivity contribution in [1.29, 1.82) is 0 Å². The molecule has 2 aromatic rings. The Bertz CT molecular complexity index is 1160. The summed E-state index contributed by atoms with van der Waals surface area (Å²) in [6.07, 6.45) is 6.01. The first-order valence-electron chi connectivity index (χ1n) is 16.0. The van der Waals surface area contributed by atoms with Gasteiger partial charge in [0.2, 0.25) is 17.7 Å². The van der Waals surface area contributed by atoms with Gasteiger partial charge in [0.05, 0.1) is 11.6 Å². The van der Waals surface area contributed by atoms with E-state index in [0.29, 0.717) is 56.7 Å². The molecule has 1 aromatic carbocycles. The fraction of sp³-hybridized carbons (Fsp3) is 0.559. The molecule has 2 rings (SSSR count). The lowest BCUT2D eigenvalue weighted by atomic mass is 9.99. The summed E-state index contributed by atoms with van der Waals surface area (Å²) in [5.41, 5.74) is 1.49. The Labute approximate surface area is 262 Å². The molecule has 44 heavy (non-hydrogen) atoms. The van der Waals surface area contributed by atoms with Crippen molar-refractivity contribution in [3.05, 3.63) is 66.0 Å². The summed E-state index contributed by atoms with van der Waals surface area (Å²) in [5.74, 6) is -0.685. The molecule has 1 heterocycles. The van der Waals surface area contributed by atoms with E-state index >= 15 is 0 Å². The number of hydrogen-bond acceptors (Lipinski definition) is 5. The smallest absolute Gasteiger partial charge is 0.252 e. The normalized spacial score (nSPS) is 13.9. The largest absolute Gasteiger partial charge is 0.355 e. The molecule has 10 nitrogen and oxygen atoms in total.